The number of benzene rings is 1. The highest BCUT2D eigenvalue weighted by Crippen LogP contribution is 2.26. The van der Waals surface area contributed by atoms with Crippen molar-refractivity contribution in [1.82, 2.24) is 5.32 Å². The molecule has 19 heavy (non-hydrogen) atoms. The zero-order valence-corrected chi connectivity index (χ0v) is 11.9. The first-order valence-electron chi connectivity index (χ1n) is 5.79. The predicted octanol–water partition coefficient (Wildman–Crippen LogP) is 4.16. The molecule has 0 bridgehead atoms. The van der Waals surface area contributed by atoms with Crippen molar-refractivity contribution in [2.75, 3.05) is 0 Å². The molecule has 100 valence electrons. The summed E-state index contributed by atoms with van der Waals surface area (Å²) in [5.41, 5.74) is 1.02. The molecule has 1 aromatic carbocycles. The molecule has 1 N–H and O–H groups in total. The third kappa shape index (κ3) is 3.53. The van der Waals surface area contributed by atoms with E-state index in [0.717, 1.165) is 15.5 Å². The second-order valence-corrected chi connectivity index (χ2v) is 5.68. The monoisotopic (exact) mass is 296 g/mol. The maximum Gasteiger partial charge on any atom is 0.324 e. The Morgan fingerprint density at radius 2 is 2.11 bits per heavy atom. The molecule has 0 spiro atoms. The quantitative estimate of drug-likeness (QED) is 0.666. The maximum absolute atomic E-state index is 10.6. The summed E-state index contributed by atoms with van der Waals surface area (Å²) in [4.78, 5) is 11.2. The van der Waals surface area contributed by atoms with Gasteiger partial charge in [0.25, 0.3) is 0 Å². The molecule has 0 aliphatic carbocycles. The Hall–Kier alpha value is -1.43. The fraction of sp³-hybridized carbons (Fsp3) is 0.231. The zero-order chi connectivity index (χ0) is 13.8. The summed E-state index contributed by atoms with van der Waals surface area (Å²) >= 11 is 7.31. The topological polar surface area (TPSA) is 55.2 Å². The minimum atomic E-state index is -0.369. The van der Waals surface area contributed by atoms with Crippen LogP contribution in [0.4, 0.5) is 5.00 Å². The lowest BCUT2D eigenvalue weighted by atomic mass is 10.1. The second kappa shape index (κ2) is 6.14. The summed E-state index contributed by atoms with van der Waals surface area (Å²) in [7, 11) is 0. The fourth-order valence-corrected chi connectivity index (χ4v) is 2.82. The van der Waals surface area contributed by atoms with Gasteiger partial charge in [-0.05, 0) is 24.6 Å². The van der Waals surface area contributed by atoms with Crippen molar-refractivity contribution in [2.45, 2.75) is 19.5 Å². The minimum Gasteiger partial charge on any atom is -0.305 e. The SMILES string of the molecule is C[C@H](NCc1ccc([N+](=O)[O-])s1)c1ccccc1Cl. The van der Waals surface area contributed by atoms with E-state index in [1.54, 1.807) is 6.07 Å². The molecule has 4 nitrogen and oxygen atoms in total. The van der Waals surface area contributed by atoms with Crippen molar-refractivity contribution in [1.29, 1.82) is 0 Å². The predicted molar refractivity (Wildman–Crippen MR) is 77.7 cm³/mol. The van der Waals surface area contributed by atoms with Crippen LogP contribution in [-0.4, -0.2) is 4.92 Å². The molecule has 0 saturated carbocycles. The highest BCUT2D eigenvalue weighted by atomic mass is 35.5. The smallest absolute Gasteiger partial charge is 0.305 e. The van der Waals surface area contributed by atoms with Crippen LogP contribution >= 0.6 is 22.9 Å². The van der Waals surface area contributed by atoms with E-state index in [9.17, 15) is 10.1 Å². The summed E-state index contributed by atoms with van der Waals surface area (Å²) in [5.74, 6) is 0. The molecule has 0 aliphatic heterocycles. The van der Waals surface area contributed by atoms with Crippen LogP contribution in [0.3, 0.4) is 0 Å². The van der Waals surface area contributed by atoms with E-state index in [1.807, 2.05) is 31.2 Å². The van der Waals surface area contributed by atoms with Crippen LogP contribution in [0.15, 0.2) is 36.4 Å². The lowest BCUT2D eigenvalue weighted by molar-refractivity contribution is -0.380. The molecule has 2 rings (SSSR count). The summed E-state index contributed by atoms with van der Waals surface area (Å²) in [6.45, 7) is 2.61. The number of thiophene rings is 1. The van der Waals surface area contributed by atoms with Crippen LogP contribution in [0.5, 0.6) is 0 Å². The molecule has 2 aromatic rings. The van der Waals surface area contributed by atoms with Gasteiger partial charge in [-0.2, -0.15) is 0 Å². The van der Waals surface area contributed by atoms with Gasteiger partial charge < -0.3 is 5.32 Å². The van der Waals surface area contributed by atoms with E-state index in [4.69, 9.17) is 11.6 Å². The van der Waals surface area contributed by atoms with Gasteiger partial charge in [-0.3, -0.25) is 10.1 Å². The Morgan fingerprint density at radius 3 is 2.74 bits per heavy atom. The van der Waals surface area contributed by atoms with Gasteiger partial charge in [0.15, 0.2) is 0 Å². The van der Waals surface area contributed by atoms with Gasteiger partial charge in [0.05, 0.1) is 4.92 Å². The molecule has 0 fully saturated rings. The highest BCUT2D eigenvalue weighted by Gasteiger charge is 2.12. The molecule has 0 saturated heterocycles. The Morgan fingerprint density at radius 1 is 1.37 bits per heavy atom. The number of nitrogens with zero attached hydrogens (tertiary/aromatic N) is 1. The number of nitrogens with one attached hydrogen (secondary N) is 1. The number of hydrogen-bond donors (Lipinski definition) is 1. The van der Waals surface area contributed by atoms with Gasteiger partial charge in [-0.25, -0.2) is 0 Å². The fourth-order valence-electron chi connectivity index (χ4n) is 1.75. The van der Waals surface area contributed by atoms with E-state index < -0.39 is 0 Å². The van der Waals surface area contributed by atoms with E-state index in [2.05, 4.69) is 5.32 Å². The van der Waals surface area contributed by atoms with Crippen LogP contribution < -0.4 is 5.32 Å². The van der Waals surface area contributed by atoms with Crippen molar-refractivity contribution in [3.8, 4) is 0 Å². The van der Waals surface area contributed by atoms with Crippen molar-refractivity contribution in [2.24, 2.45) is 0 Å². The van der Waals surface area contributed by atoms with E-state index >= 15 is 0 Å². The third-order valence-electron chi connectivity index (χ3n) is 2.78. The zero-order valence-electron chi connectivity index (χ0n) is 10.3. The molecule has 0 amide bonds. The van der Waals surface area contributed by atoms with Crippen LogP contribution in [0.25, 0.3) is 0 Å². The van der Waals surface area contributed by atoms with Crippen molar-refractivity contribution in [3.63, 3.8) is 0 Å². The molecule has 1 atom stereocenters. The van der Waals surface area contributed by atoms with Gasteiger partial charge in [-0.15, -0.1) is 0 Å². The van der Waals surface area contributed by atoms with Gasteiger partial charge in [0.1, 0.15) is 0 Å². The van der Waals surface area contributed by atoms with Crippen molar-refractivity contribution in [3.05, 3.63) is 62.0 Å². The van der Waals surface area contributed by atoms with E-state index in [-0.39, 0.29) is 16.0 Å². The molecular weight excluding hydrogens is 284 g/mol. The van der Waals surface area contributed by atoms with Crippen LogP contribution in [-0.2, 0) is 6.54 Å². The molecule has 0 radical (unpaired) electrons. The van der Waals surface area contributed by atoms with E-state index in [0.29, 0.717) is 6.54 Å². The normalized spacial score (nSPS) is 12.3. The Labute approximate surface area is 120 Å². The summed E-state index contributed by atoms with van der Waals surface area (Å²) in [6.07, 6.45) is 0. The molecule has 1 aromatic heterocycles. The summed E-state index contributed by atoms with van der Waals surface area (Å²) in [6, 6.07) is 11.0. The molecule has 0 aliphatic rings. The van der Waals surface area contributed by atoms with Crippen LogP contribution in [0, 0.1) is 10.1 Å². The number of rotatable bonds is 5. The average molecular weight is 297 g/mol. The van der Waals surface area contributed by atoms with Gasteiger partial charge in [-0.1, -0.05) is 41.1 Å². The van der Waals surface area contributed by atoms with Crippen LogP contribution in [0.2, 0.25) is 5.02 Å². The Balaban J connectivity index is 1.98. The largest absolute Gasteiger partial charge is 0.324 e. The lowest BCUT2D eigenvalue weighted by Gasteiger charge is -2.14. The van der Waals surface area contributed by atoms with Gasteiger partial charge in [0, 0.05) is 28.6 Å². The number of halogens is 1. The van der Waals surface area contributed by atoms with Gasteiger partial charge >= 0.3 is 5.00 Å². The van der Waals surface area contributed by atoms with Crippen LogP contribution in [0.1, 0.15) is 23.4 Å². The van der Waals surface area contributed by atoms with Crippen molar-refractivity contribution < 1.29 is 4.92 Å². The van der Waals surface area contributed by atoms with Crippen molar-refractivity contribution >= 4 is 27.9 Å². The summed E-state index contributed by atoms with van der Waals surface area (Å²) in [5, 5.41) is 14.8. The molecule has 6 heteroatoms. The third-order valence-corrected chi connectivity index (χ3v) is 4.16. The molecule has 1 heterocycles. The second-order valence-electron chi connectivity index (χ2n) is 4.12. The summed E-state index contributed by atoms with van der Waals surface area (Å²) < 4.78 is 0. The standard InChI is InChI=1S/C13H13ClN2O2S/c1-9(11-4-2-3-5-12(11)14)15-8-10-6-7-13(19-10)16(17)18/h2-7,9,15H,8H2,1H3/t9-/m0/s1. The Kier molecular flexibility index (Phi) is 4.52. The Bertz CT molecular complexity index is 586. The maximum atomic E-state index is 10.6. The number of nitro groups is 1. The highest BCUT2D eigenvalue weighted by molar-refractivity contribution is 7.15. The lowest BCUT2D eigenvalue weighted by Crippen LogP contribution is -2.17. The first-order chi connectivity index (χ1) is 9.08. The minimum absolute atomic E-state index is 0.0925. The first-order valence-corrected chi connectivity index (χ1v) is 6.98. The average Bonchev–Trinajstić information content (AvgIpc) is 2.85. The number of hydrogen-bond acceptors (Lipinski definition) is 4. The van der Waals surface area contributed by atoms with E-state index in [1.165, 1.54) is 17.4 Å². The molecule has 0 unspecified atom stereocenters. The molecular formula is C13H13ClN2O2S. The van der Waals surface area contributed by atoms with Gasteiger partial charge in [0.2, 0.25) is 0 Å². The first kappa shape index (κ1) is 14.0.